The number of aromatic nitrogens is 2. The second-order valence-electron chi connectivity index (χ2n) is 3.73. The first-order chi connectivity index (χ1) is 7.18. The van der Waals surface area contributed by atoms with E-state index in [0.717, 1.165) is 23.4 Å². The third-order valence-electron chi connectivity index (χ3n) is 2.73. The van der Waals surface area contributed by atoms with E-state index in [1.54, 1.807) is 12.6 Å². The quantitative estimate of drug-likeness (QED) is 0.750. The monoisotopic (exact) mass is 206 g/mol. The summed E-state index contributed by atoms with van der Waals surface area (Å²) < 4.78 is 6.92. The van der Waals surface area contributed by atoms with E-state index in [9.17, 15) is 4.79 Å². The highest BCUT2D eigenvalue weighted by Crippen LogP contribution is 2.13. The number of Topliss-reactive ketones (excluding diaryl/α,β-unsaturated/α-hetero) is 1. The molecule has 4 nitrogen and oxygen atoms in total. The van der Waals surface area contributed by atoms with Gasteiger partial charge in [-0.05, 0) is 13.8 Å². The fourth-order valence-electron chi connectivity index (χ4n) is 1.55. The summed E-state index contributed by atoms with van der Waals surface area (Å²) in [5.74, 6) is 0.119. The highest BCUT2D eigenvalue weighted by Gasteiger charge is 2.15. The number of nitrogens with zero attached hydrogens (tertiary/aromatic N) is 2. The summed E-state index contributed by atoms with van der Waals surface area (Å²) in [7, 11) is 0. The van der Waals surface area contributed by atoms with Gasteiger partial charge in [0.15, 0.2) is 5.78 Å². The van der Waals surface area contributed by atoms with Gasteiger partial charge < -0.3 is 9.30 Å². The SMILES string of the molecule is Cc1ncn(CC(=O)C2=COCC2)c1C. The van der Waals surface area contributed by atoms with Gasteiger partial charge in [-0.2, -0.15) is 0 Å². The van der Waals surface area contributed by atoms with Gasteiger partial charge in [0.05, 0.1) is 31.4 Å². The minimum atomic E-state index is 0.119. The van der Waals surface area contributed by atoms with Crippen LogP contribution in [0.4, 0.5) is 0 Å². The molecule has 0 N–H and O–H groups in total. The molecule has 0 bridgehead atoms. The molecule has 4 heteroatoms. The second-order valence-corrected chi connectivity index (χ2v) is 3.73. The minimum absolute atomic E-state index is 0.119. The van der Waals surface area contributed by atoms with Crippen LogP contribution in [0.25, 0.3) is 0 Å². The summed E-state index contributed by atoms with van der Waals surface area (Å²) in [6.07, 6.45) is 4.01. The van der Waals surface area contributed by atoms with Crippen LogP contribution in [0.1, 0.15) is 17.8 Å². The number of ketones is 1. The lowest BCUT2D eigenvalue weighted by Crippen LogP contribution is -2.12. The summed E-state index contributed by atoms with van der Waals surface area (Å²) in [6.45, 7) is 4.90. The van der Waals surface area contributed by atoms with E-state index in [0.29, 0.717) is 13.2 Å². The van der Waals surface area contributed by atoms with Crippen LogP contribution >= 0.6 is 0 Å². The summed E-state index contributed by atoms with van der Waals surface area (Å²) >= 11 is 0. The van der Waals surface area contributed by atoms with E-state index in [2.05, 4.69) is 4.98 Å². The molecule has 0 atom stereocenters. The van der Waals surface area contributed by atoms with Crippen molar-refractivity contribution in [2.45, 2.75) is 26.8 Å². The van der Waals surface area contributed by atoms with Gasteiger partial charge in [0.25, 0.3) is 0 Å². The maximum absolute atomic E-state index is 11.8. The van der Waals surface area contributed by atoms with Crippen LogP contribution in [0.3, 0.4) is 0 Å². The molecule has 15 heavy (non-hydrogen) atoms. The van der Waals surface area contributed by atoms with Gasteiger partial charge in [0.1, 0.15) is 0 Å². The molecule has 0 fully saturated rings. The van der Waals surface area contributed by atoms with Crippen LogP contribution in [0, 0.1) is 13.8 Å². The fraction of sp³-hybridized carbons (Fsp3) is 0.455. The Morgan fingerprint density at radius 3 is 2.93 bits per heavy atom. The van der Waals surface area contributed by atoms with Gasteiger partial charge in [0.2, 0.25) is 0 Å². The van der Waals surface area contributed by atoms with Crippen molar-refractivity contribution >= 4 is 5.78 Å². The molecule has 0 saturated carbocycles. The highest BCUT2D eigenvalue weighted by atomic mass is 16.5. The number of rotatable bonds is 3. The van der Waals surface area contributed by atoms with Gasteiger partial charge >= 0.3 is 0 Å². The molecule has 1 aromatic heterocycles. The molecule has 0 unspecified atom stereocenters. The Balaban J connectivity index is 2.09. The van der Waals surface area contributed by atoms with Crippen LogP contribution in [0.15, 0.2) is 18.2 Å². The average molecular weight is 206 g/mol. The van der Waals surface area contributed by atoms with Crippen molar-refractivity contribution in [1.29, 1.82) is 0 Å². The van der Waals surface area contributed by atoms with E-state index in [1.807, 2.05) is 18.4 Å². The molecule has 1 aliphatic heterocycles. The lowest BCUT2D eigenvalue weighted by atomic mass is 10.1. The number of carbonyl (C=O) groups is 1. The predicted octanol–water partition coefficient (Wildman–Crippen LogP) is 1.37. The van der Waals surface area contributed by atoms with Crippen molar-refractivity contribution in [1.82, 2.24) is 9.55 Å². The average Bonchev–Trinajstić information content (AvgIpc) is 2.83. The number of carbonyl (C=O) groups excluding carboxylic acids is 1. The third kappa shape index (κ3) is 1.93. The molecule has 2 heterocycles. The van der Waals surface area contributed by atoms with Crippen molar-refractivity contribution in [3.63, 3.8) is 0 Å². The molecule has 1 aromatic rings. The molecule has 1 aliphatic rings. The summed E-state index contributed by atoms with van der Waals surface area (Å²) in [6, 6.07) is 0. The predicted molar refractivity (Wildman–Crippen MR) is 55.4 cm³/mol. The topological polar surface area (TPSA) is 44.1 Å². The minimum Gasteiger partial charge on any atom is -0.500 e. The number of ether oxygens (including phenoxy) is 1. The highest BCUT2D eigenvalue weighted by molar-refractivity contribution is 5.95. The molecular weight excluding hydrogens is 192 g/mol. The van der Waals surface area contributed by atoms with E-state index < -0.39 is 0 Å². The molecule has 2 rings (SSSR count). The number of hydrogen-bond donors (Lipinski definition) is 0. The Hall–Kier alpha value is -1.58. The van der Waals surface area contributed by atoms with Gasteiger partial charge in [-0.3, -0.25) is 4.79 Å². The Bertz CT molecular complexity index is 418. The van der Waals surface area contributed by atoms with Crippen LogP contribution < -0.4 is 0 Å². The molecule has 80 valence electrons. The number of hydrogen-bond acceptors (Lipinski definition) is 3. The zero-order valence-corrected chi connectivity index (χ0v) is 8.99. The second kappa shape index (κ2) is 3.88. The smallest absolute Gasteiger partial charge is 0.181 e. The van der Waals surface area contributed by atoms with Crippen molar-refractivity contribution < 1.29 is 9.53 Å². The molecule has 0 radical (unpaired) electrons. The van der Waals surface area contributed by atoms with Crippen LogP contribution in [0.5, 0.6) is 0 Å². The van der Waals surface area contributed by atoms with E-state index in [1.165, 1.54) is 0 Å². The van der Waals surface area contributed by atoms with Gasteiger partial charge in [-0.1, -0.05) is 0 Å². The molecule has 0 saturated heterocycles. The zero-order chi connectivity index (χ0) is 10.8. The first-order valence-electron chi connectivity index (χ1n) is 5.00. The van der Waals surface area contributed by atoms with E-state index in [4.69, 9.17) is 4.74 Å². The van der Waals surface area contributed by atoms with Crippen molar-refractivity contribution in [2.75, 3.05) is 6.61 Å². The van der Waals surface area contributed by atoms with Crippen molar-refractivity contribution in [3.8, 4) is 0 Å². The molecule has 0 amide bonds. The van der Waals surface area contributed by atoms with Crippen LogP contribution in [-0.2, 0) is 16.1 Å². The van der Waals surface area contributed by atoms with Crippen molar-refractivity contribution in [2.24, 2.45) is 0 Å². The lowest BCUT2D eigenvalue weighted by molar-refractivity contribution is -0.116. The third-order valence-corrected chi connectivity index (χ3v) is 2.73. The largest absolute Gasteiger partial charge is 0.500 e. The normalized spacial score (nSPS) is 14.9. The number of aryl methyl sites for hydroxylation is 1. The van der Waals surface area contributed by atoms with Crippen molar-refractivity contribution in [3.05, 3.63) is 29.6 Å². The standard InChI is InChI=1S/C11H14N2O2/c1-8-9(2)13(7-12-8)5-11(14)10-3-4-15-6-10/h6-7H,3-5H2,1-2H3. The molecule has 0 aliphatic carbocycles. The molecule has 0 aromatic carbocycles. The summed E-state index contributed by atoms with van der Waals surface area (Å²) in [5, 5.41) is 0. The van der Waals surface area contributed by atoms with Gasteiger partial charge in [-0.25, -0.2) is 4.98 Å². The summed E-state index contributed by atoms with van der Waals surface area (Å²) in [4.78, 5) is 15.9. The Morgan fingerprint density at radius 2 is 2.40 bits per heavy atom. The Morgan fingerprint density at radius 1 is 1.60 bits per heavy atom. The van der Waals surface area contributed by atoms with E-state index in [-0.39, 0.29) is 5.78 Å². The van der Waals surface area contributed by atoms with E-state index >= 15 is 0 Å². The zero-order valence-electron chi connectivity index (χ0n) is 8.99. The first kappa shape index (κ1) is 9.96. The van der Waals surface area contributed by atoms with Crippen LogP contribution in [-0.4, -0.2) is 21.9 Å². The van der Waals surface area contributed by atoms with Crippen LogP contribution in [0.2, 0.25) is 0 Å². The summed E-state index contributed by atoms with van der Waals surface area (Å²) in [5.41, 5.74) is 2.79. The fourth-order valence-corrected chi connectivity index (χ4v) is 1.55. The maximum Gasteiger partial charge on any atom is 0.181 e. The Labute approximate surface area is 88.6 Å². The lowest BCUT2D eigenvalue weighted by Gasteiger charge is -2.04. The Kier molecular flexibility index (Phi) is 2.58. The molecular formula is C11H14N2O2. The van der Waals surface area contributed by atoms with Gasteiger partial charge in [0, 0.05) is 17.7 Å². The van der Waals surface area contributed by atoms with Gasteiger partial charge in [-0.15, -0.1) is 0 Å². The maximum atomic E-state index is 11.8. The molecule has 0 spiro atoms. The number of imidazole rings is 1. The first-order valence-corrected chi connectivity index (χ1v) is 5.00.